The number of hydrogen-bond donors (Lipinski definition) is 2. The third-order valence-electron chi connectivity index (χ3n) is 3.84. The summed E-state index contributed by atoms with van der Waals surface area (Å²) < 4.78 is 32.6. The van der Waals surface area contributed by atoms with Crippen LogP contribution in [0.15, 0.2) is 23.1 Å². The van der Waals surface area contributed by atoms with Crippen LogP contribution in [0, 0.1) is 0 Å². The maximum absolute atomic E-state index is 12.3. The van der Waals surface area contributed by atoms with Crippen LogP contribution in [0.4, 0.5) is 5.69 Å². The van der Waals surface area contributed by atoms with E-state index in [4.69, 9.17) is 4.74 Å². The van der Waals surface area contributed by atoms with Gasteiger partial charge >= 0.3 is 0 Å². The Balaban J connectivity index is 1.72. The van der Waals surface area contributed by atoms with Crippen LogP contribution >= 0.6 is 0 Å². The molecular weight excluding hydrogens is 276 g/mol. The number of benzene rings is 1. The first-order valence-electron chi connectivity index (χ1n) is 7.05. The van der Waals surface area contributed by atoms with Crippen LogP contribution in [0.1, 0.15) is 25.3 Å². The minimum absolute atomic E-state index is 0.0147. The van der Waals surface area contributed by atoms with Gasteiger partial charge in [-0.1, -0.05) is 0 Å². The minimum Gasteiger partial charge on any atom is -0.382 e. The molecule has 0 saturated carbocycles. The first kappa shape index (κ1) is 13.9. The van der Waals surface area contributed by atoms with Crippen molar-refractivity contribution in [2.45, 2.75) is 43.2 Å². The van der Waals surface area contributed by atoms with Crippen LogP contribution in [-0.2, 0) is 21.2 Å². The molecule has 0 unspecified atom stereocenters. The Morgan fingerprint density at radius 3 is 3.05 bits per heavy atom. The lowest BCUT2D eigenvalue weighted by atomic mass is 10.1. The van der Waals surface area contributed by atoms with Crippen LogP contribution in [0.5, 0.6) is 0 Å². The number of sulfonamides is 1. The summed E-state index contributed by atoms with van der Waals surface area (Å²) in [7, 11) is -3.44. The van der Waals surface area contributed by atoms with Crippen molar-refractivity contribution in [1.82, 2.24) is 4.72 Å². The molecule has 0 aliphatic carbocycles. The molecule has 0 bridgehead atoms. The molecule has 1 aromatic carbocycles. The molecule has 2 N–H and O–H groups in total. The third kappa shape index (κ3) is 2.82. The average molecular weight is 296 g/mol. The zero-order valence-corrected chi connectivity index (χ0v) is 12.4. The Bertz CT molecular complexity index is 594. The van der Waals surface area contributed by atoms with Crippen LogP contribution in [0.25, 0.3) is 0 Å². The lowest BCUT2D eigenvalue weighted by molar-refractivity contribution is 0.114. The zero-order chi connectivity index (χ0) is 14.2. The van der Waals surface area contributed by atoms with Crippen LogP contribution in [-0.4, -0.2) is 33.7 Å². The Kier molecular flexibility index (Phi) is 3.70. The van der Waals surface area contributed by atoms with Gasteiger partial charge in [0.15, 0.2) is 0 Å². The molecule has 0 radical (unpaired) electrons. The highest BCUT2D eigenvalue weighted by Crippen LogP contribution is 2.28. The summed E-state index contributed by atoms with van der Waals surface area (Å²) in [6, 6.07) is 5.63. The molecule has 0 aromatic heterocycles. The van der Waals surface area contributed by atoms with Gasteiger partial charge in [0.1, 0.15) is 0 Å². The van der Waals surface area contributed by atoms with Crippen molar-refractivity contribution in [1.29, 1.82) is 0 Å². The smallest absolute Gasteiger partial charge is 0.240 e. The number of rotatable bonds is 4. The number of hydrogen-bond acceptors (Lipinski definition) is 4. The summed E-state index contributed by atoms with van der Waals surface area (Å²) in [5.41, 5.74) is 2.10. The standard InChI is InChI=1S/C14H20N2O3S/c1-10-7-11-8-13(4-5-14(11)16-10)20(17,18)15-9-12-3-2-6-19-12/h4-5,8,10,12,15-16H,2-3,6-7,9H2,1H3/t10-,12+/m1/s1. The highest BCUT2D eigenvalue weighted by atomic mass is 32.2. The van der Waals surface area contributed by atoms with Crippen LogP contribution in [0.3, 0.4) is 0 Å². The van der Waals surface area contributed by atoms with E-state index in [1.807, 2.05) is 6.07 Å². The Morgan fingerprint density at radius 1 is 1.45 bits per heavy atom. The fourth-order valence-corrected chi connectivity index (χ4v) is 3.90. The van der Waals surface area contributed by atoms with Gasteiger partial charge in [0.2, 0.25) is 10.0 Å². The minimum atomic E-state index is -3.44. The second kappa shape index (κ2) is 5.35. The SMILES string of the molecule is C[C@@H]1Cc2cc(S(=O)(=O)NC[C@@H]3CCCO3)ccc2N1. The first-order chi connectivity index (χ1) is 9.54. The lowest BCUT2D eigenvalue weighted by Crippen LogP contribution is -2.31. The Hall–Kier alpha value is -1.11. The predicted octanol–water partition coefficient (Wildman–Crippen LogP) is 1.50. The van der Waals surface area contributed by atoms with E-state index < -0.39 is 10.0 Å². The molecule has 0 spiro atoms. The molecule has 1 aromatic rings. The Labute approximate surface area is 119 Å². The molecule has 3 rings (SSSR count). The van der Waals surface area contributed by atoms with Crippen molar-refractivity contribution in [2.24, 2.45) is 0 Å². The summed E-state index contributed by atoms with van der Waals surface area (Å²) in [4.78, 5) is 0.338. The van der Waals surface area contributed by atoms with E-state index >= 15 is 0 Å². The van der Waals surface area contributed by atoms with E-state index in [2.05, 4.69) is 17.0 Å². The van der Waals surface area contributed by atoms with Gasteiger partial charge in [-0.3, -0.25) is 0 Å². The highest BCUT2D eigenvalue weighted by Gasteiger charge is 2.23. The van der Waals surface area contributed by atoms with Gasteiger partial charge in [0.25, 0.3) is 0 Å². The summed E-state index contributed by atoms with van der Waals surface area (Å²) >= 11 is 0. The van der Waals surface area contributed by atoms with Gasteiger partial charge in [-0.2, -0.15) is 0 Å². The summed E-state index contributed by atoms with van der Waals surface area (Å²) in [6.45, 7) is 3.17. The molecule has 1 fully saturated rings. The van der Waals surface area contributed by atoms with Gasteiger partial charge in [0.05, 0.1) is 11.0 Å². The van der Waals surface area contributed by atoms with E-state index in [0.29, 0.717) is 17.5 Å². The molecule has 5 nitrogen and oxygen atoms in total. The van der Waals surface area contributed by atoms with Crippen LogP contribution in [0.2, 0.25) is 0 Å². The maximum atomic E-state index is 12.3. The molecule has 2 atom stereocenters. The van der Waals surface area contributed by atoms with Gasteiger partial charge in [-0.15, -0.1) is 0 Å². The maximum Gasteiger partial charge on any atom is 0.240 e. The molecule has 6 heteroatoms. The van der Waals surface area contributed by atoms with Crippen molar-refractivity contribution < 1.29 is 13.2 Å². The van der Waals surface area contributed by atoms with Crippen molar-refractivity contribution >= 4 is 15.7 Å². The summed E-state index contributed by atoms with van der Waals surface area (Å²) in [6.07, 6.45) is 2.81. The second-order valence-corrected chi connectivity index (χ2v) is 7.32. The molecule has 1 saturated heterocycles. The number of fused-ring (bicyclic) bond motifs is 1. The second-order valence-electron chi connectivity index (χ2n) is 5.56. The van der Waals surface area contributed by atoms with Gasteiger partial charge in [-0.05, 0) is 49.9 Å². The lowest BCUT2D eigenvalue weighted by Gasteiger charge is -2.12. The number of nitrogens with one attached hydrogen (secondary N) is 2. The monoisotopic (exact) mass is 296 g/mol. The van der Waals surface area contributed by atoms with E-state index in [0.717, 1.165) is 37.1 Å². The number of anilines is 1. The van der Waals surface area contributed by atoms with E-state index in [1.54, 1.807) is 12.1 Å². The van der Waals surface area contributed by atoms with Crippen molar-refractivity contribution in [2.75, 3.05) is 18.5 Å². The molecule has 2 heterocycles. The molecule has 0 amide bonds. The van der Waals surface area contributed by atoms with E-state index in [-0.39, 0.29) is 6.10 Å². The third-order valence-corrected chi connectivity index (χ3v) is 5.26. The van der Waals surface area contributed by atoms with E-state index in [1.165, 1.54) is 0 Å². The van der Waals surface area contributed by atoms with Gasteiger partial charge in [0, 0.05) is 24.9 Å². The predicted molar refractivity (Wildman–Crippen MR) is 77.4 cm³/mol. The molecule has 110 valence electrons. The summed E-state index contributed by atoms with van der Waals surface area (Å²) in [5.74, 6) is 0. The van der Waals surface area contributed by atoms with Gasteiger partial charge < -0.3 is 10.1 Å². The van der Waals surface area contributed by atoms with Crippen molar-refractivity contribution in [3.05, 3.63) is 23.8 Å². The highest BCUT2D eigenvalue weighted by molar-refractivity contribution is 7.89. The fourth-order valence-electron chi connectivity index (χ4n) is 2.78. The molecular formula is C14H20N2O3S. The largest absolute Gasteiger partial charge is 0.382 e. The van der Waals surface area contributed by atoms with E-state index in [9.17, 15) is 8.42 Å². The quantitative estimate of drug-likeness (QED) is 0.883. The molecule has 2 aliphatic heterocycles. The summed E-state index contributed by atoms with van der Waals surface area (Å²) in [5, 5.41) is 3.32. The average Bonchev–Trinajstić information content (AvgIpc) is 3.03. The van der Waals surface area contributed by atoms with Crippen LogP contribution < -0.4 is 10.0 Å². The van der Waals surface area contributed by atoms with Crippen molar-refractivity contribution in [3.63, 3.8) is 0 Å². The number of ether oxygens (including phenoxy) is 1. The van der Waals surface area contributed by atoms with Gasteiger partial charge in [-0.25, -0.2) is 13.1 Å². The molecule has 2 aliphatic rings. The van der Waals surface area contributed by atoms with Crippen molar-refractivity contribution in [3.8, 4) is 0 Å². The first-order valence-corrected chi connectivity index (χ1v) is 8.54. The zero-order valence-electron chi connectivity index (χ0n) is 11.6. The normalized spacial score (nSPS) is 25.4. The molecule has 20 heavy (non-hydrogen) atoms. The topological polar surface area (TPSA) is 67.4 Å². The fraction of sp³-hybridized carbons (Fsp3) is 0.571. The Morgan fingerprint density at radius 2 is 2.30 bits per heavy atom.